The Labute approximate surface area is 167 Å². The predicted molar refractivity (Wildman–Crippen MR) is 111 cm³/mol. The molecule has 2 aliphatic carbocycles. The molecule has 0 atom stereocenters. The van der Waals surface area contributed by atoms with Crippen LogP contribution in [0.3, 0.4) is 0 Å². The third kappa shape index (κ3) is 5.01. The SMILES string of the molecule is CC(C)=C1[C]=CC=C(OC(=O)Oc2ccc(C3=CC=[C]C(=C(C)C)C3)cc2)C1. The molecule has 0 N–H and O–H groups in total. The van der Waals surface area contributed by atoms with Crippen molar-refractivity contribution in [2.75, 3.05) is 0 Å². The number of ether oxygens (including phenoxy) is 2. The molecule has 0 amide bonds. The van der Waals surface area contributed by atoms with Crippen molar-refractivity contribution in [1.82, 2.24) is 0 Å². The van der Waals surface area contributed by atoms with E-state index in [0.717, 1.165) is 23.1 Å². The second-order valence-electron chi connectivity index (χ2n) is 7.24. The summed E-state index contributed by atoms with van der Waals surface area (Å²) in [5, 5.41) is 0. The summed E-state index contributed by atoms with van der Waals surface area (Å²) < 4.78 is 10.6. The van der Waals surface area contributed by atoms with Crippen LogP contribution in [0.25, 0.3) is 5.57 Å². The molecule has 0 unspecified atom stereocenters. The van der Waals surface area contributed by atoms with Crippen molar-refractivity contribution >= 4 is 11.7 Å². The Balaban J connectivity index is 1.61. The molecular weight excluding hydrogens is 348 g/mol. The lowest BCUT2D eigenvalue weighted by molar-refractivity contribution is 0.124. The molecule has 142 valence electrons. The topological polar surface area (TPSA) is 35.5 Å². The molecule has 0 spiro atoms. The number of rotatable bonds is 3. The van der Waals surface area contributed by atoms with Gasteiger partial charge in [0.15, 0.2) is 0 Å². The zero-order valence-electron chi connectivity index (χ0n) is 16.8. The van der Waals surface area contributed by atoms with Gasteiger partial charge in [-0.3, -0.25) is 0 Å². The molecule has 0 aromatic heterocycles. The molecule has 2 radical (unpaired) electrons. The summed E-state index contributed by atoms with van der Waals surface area (Å²) in [6.07, 6.45) is 14.6. The van der Waals surface area contributed by atoms with Crippen LogP contribution >= 0.6 is 0 Å². The van der Waals surface area contributed by atoms with E-state index in [0.29, 0.717) is 17.9 Å². The maximum Gasteiger partial charge on any atom is 0.519 e. The van der Waals surface area contributed by atoms with E-state index in [1.54, 1.807) is 24.3 Å². The Morgan fingerprint density at radius 3 is 2.07 bits per heavy atom. The maximum atomic E-state index is 12.1. The van der Waals surface area contributed by atoms with E-state index in [1.165, 1.54) is 16.7 Å². The smallest absolute Gasteiger partial charge is 0.399 e. The number of hydrogen-bond acceptors (Lipinski definition) is 3. The van der Waals surface area contributed by atoms with Crippen LogP contribution in [-0.2, 0) is 4.74 Å². The summed E-state index contributed by atoms with van der Waals surface area (Å²) in [5.41, 5.74) is 6.97. The lowest BCUT2D eigenvalue weighted by Crippen LogP contribution is -2.11. The van der Waals surface area contributed by atoms with E-state index < -0.39 is 6.16 Å². The van der Waals surface area contributed by atoms with Gasteiger partial charge in [-0.05, 0) is 86.8 Å². The molecule has 0 aliphatic heterocycles. The summed E-state index contributed by atoms with van der Waals surface area (Å²) in [6.45, 7) is 8.21. The lowest BCUT2D eigenvalue weighted by Gasteiger charge is -2.14. The van der Waals surface area contributed by atoms with Crippen LogP contribution in [0.2, 0.25) is 0 Å². The zero-order chi connectivity index (χ0) is 20.1. The third-order valence-electron chi connectivity index (χ3n) is 4.63. The molecule has 3 rings (SSSR count). The summed E-state index contributed by atoms with van der Waals surface area (Å²) in [4.78, 5) is 12.1. The predicted octanol–water partition coefficient (Wildman–Crippen LogP) is 6.67. The van der Waals surface area contributed by atoms with Crippen LogP contribution in [0, 0.1) is 12.2 Å². The highest BCUT2D eigenvalue weighted by atomic mass is 16.7. The molecule has 0 fully saturated rings. The molecule has 1 aromatic rings. The zero-order valence-corrected chi connectivity index (χ0v) is 16.8. The van der Waals surface area contributed by atoms with Gasteiger partial charge in [0, 0.05) is 6.42 Å². The first-order chi connectivity index (χ1) is 13.4. The van der Waals surface area contributed by atoms with Crippen LogP contribution in [0.1, 0.15) is 46.1 Å². The number of carbonyl (C=O) groups is 1. The third-order valence-corrected chi connectivity index (χ3v) is 4.63. The van der Waals surface area contributed by atoms with E-state index in [2.05, 4.69) is 32.1 Å². The van der Waals surface area contributed by atoms with Crippen LogP contribution in [0.4, 0.5) is 4.79 Å². The molecule has 2 aliphatic rings. The van der Waals surface area contributed by atoms with Gasteiger partial charge in [0.1, 0.15) is 11.5 Å². The first kappa shape index (κ1) is 19.7. The Morgan fingerprint density at radius 1 is 0.821 bits per heavy atom. The maximum absolute atomic E-state index is 12.1. The average molecular weight is 372 g/mol. The van der Waals surface area contributed by atoms with E-state index in [-0.39, 0.29) is 0 Å². The first-order valence-electron chi connectivity index (χ1n) is 9.33. The summed E-state index contributed by atoms with van der Waals surface area (Å²) >= 11 is 0. The molecule has 3 nitrogen and oxygen atoms in total. The minimum atomic E-state index is -0.733. The van der Waals surface area contributed by atoms with Crippen LogP contribution in [-0.4, -0.2) is 6.16 Å². The number of allylic oxidation sites excluding steroid dienone is 11. The molecule has 0 heterocycles. The minimum absolute atomic E-state index is 0.454. The van der Waals surface area contributed by atoms with Crippen molar-refractivity contribution in [2.24, 2.45) is 0 Å². The van der Waals surface area contributed by atoms with Crippen molar-refractivity contribution in [3.8, 4) is 5.75 Å². The minimum Gasteiger partial charge on any atom is -0.399 e. The van der Waals surface area contributed by atoms with Crippen molar-refractivity contribution in [2.45, 2.75) is 40.5 Å². The van der Waals surface area contributed by atoms with Gasteiger partial charge in [-0.2, -0.15) is 0 Å². The van der Waals surface area contributed by atoms with Gasteiger partial charge in [-0.1, -0.05) is 41.5 Å². The van der Waals surface area contributed by atoms with E-state index >= 15 is 0 Å². The highest BCUT2D eigenvalue weighted by Gasteiger charge is 2.14. The van der Waals surface area contributed by atoms with Gasteiger partial charge >= 0.3 is 6.16 Å². The summed E-state index contributed by atoms with van der Waals surface area (Å²) in [5.74, 6) is 1.01. The van der Waals surface area contributed by atoms with Crippen LogP contribution in [0.15, 0.2) is 76.6 Å². The average Bonchev–Trinajstić information content (AvgIpc) is 2.68. The fraction of sp³-hybridized carbons (Fsp3) is 0.240. The fourth-order valence-corrected chi connectivity index (χ4v) is 2.93. The van der Waals surface area contributed by atoms with Crippen molar-refractivity contribution in [1.29, 1.82) is 0 Å². The Bertz CT molecular complexity index is 940. The van der Waals surface area contributed by atoms with E-state index in [1.807, 2.05) is 32.1 Å². The van der Waals surface area contributed by atoms with Gasteiger partial charge in [-0.15, -0.1) is 0 Å². The number of carbonyl (C=O) groups excluding carboxylic acids is 1. The molecule has 28 heavy (non-hydrogen) atoms. The lowest BCUT2D eigenvalue weighted by atomic mass is 9.92. The molecule has 1 aromatic carbocycles. The van der Waals surface area contributed by atoms with Crippen LogP contribution < -0.4 is 4.74 Å². The normalized spacial score (nSPS) is 15.7. The Morgan fingerprint density at radius 2 is 1.43 bits per heavy atom. The standard InChI is InChI=1S/C25H24O3/c1-17(2)20-7-5-9-22(15-20)19-11-13-23(14-12-19)27-25(26)28-24-10-6-8-21(16-24)18(3)4/h5-6,9-14H,15-16H2,1-4H3. The second kappa shape index (κ2) is 8.75. The molecular formula is C25H24O3. The van der Waals surface area contributed by atoms with Crippen molar-refractivity contribution < 1.29 is 14.3 Å². The van der Waals surface area contributed by atoms with Gasteiger partial charge in [0.2, 0.25) is 0 Å². The summed E-state index contributed by atoms with van der Waals surface area (Å²) in [6, 6.07) is 7.47. The van der Waals surface area contributed by atoms with Crippen molar-refractivity contribution in [3.05, 3.63) is 94.3 Å². The fourth-order valence-electron chi connectivity index (χ4n) is 2.93. The first-order valence-corrected chi connectivity index (χ1v) is 9.33. The Hall–Kier alpha value is -3.07. The van der Waals surface area contributed by atoms with E-state index in [9.17, 15) is 4.79 Å². The molecule has 0 saturated carbocycles. The second-order valence-corrected chi connectivity index (χ2v) is 7.24. The largest absolute Gasteiger partial charge is 0.519 e. The molecule has 0 bridgehead atoms. The van der Waals surface area contributed by atoms with Gasteiger partial charge in [0.05, 0.1) is 0 Å². The molecule has 0 saturated heterocycles. The van der Waals surface area contributed by atoms with Gasteiger partial charge in [0.25, 0.3) is 0 Å². The highest BCUT2D eigenvalue weighted by molar-refractivity contribution is 5.72. The van der Waals surface area contributed by atoms with Crippen LogP contribution in [0.5, 0.6) is 5.75 Å². The summed E-state index contributed by atoms with van der Waals surface area (Å²) in [7, 11) is 0. The monoisotopic (exact) mass is 372 g/mol. The number of hydrogen-bond donors (Lipinski definition) is 0. The molecule has 3 heteroatoms. The highest BCUT2D eigenvalue weighted by Crippen LogP contribution is 2.29. The van der Waals surface area contributed by atoms with E-state index in [4.69, 9.17) is 9.47 Å². The quantitative estimate of drug-likeness (QED) is 0.439. The number of benzene rings is 1. The van der Waals surface area contributed by atoms with Gasteiger partial charge in [-0.25, -0.2) is 4.79 Å². The Kier molecular flexibility index (Phi) is 6.15. The van der Waals surface area contributed by atoms with Crippen molar-refractivity contribution in [3.63, 3.8) is 0 Å². The van der Waals surface area contributed by atoms with Gasteiger partial charge < -0.3 is 9.47 Å².